The molecule has 0 bridgehead atoms. The van der Waals surface area contributed by atoms with Crippen LogP contribution in [0.1, 0.15) is 23.7 Å². The maximum absolute atomic E-state index is 13.7. The summed E-state index contributed by atoms with van der Waals surface area (Å²) in [4.78, 5) is 19.5. The summed E-state index contributed by atoms with van der Waals surface area (Å²) in [7, 11) is -3.92. The Hall–Kier alpha value is -2.40. The molecule has 0 radical (unpaired) electrons. The predicted molar refractivity (Wildman–Crippen MR) is 137 cm³/mol. The van der Waals surface area contributed by atoms with Crippen molar-refractivity contribution in [2.75, 3.05) is 63.8 Å². The Bertz CT molecular complexity index is 1130. The fourth-order valence-electron chi connectivity index (χ4n) is 4.53. The van der Waals surface area contributed by atoms with Gasteiger partial charge in [0.05, 0.1) is 5.56 Å². The highest BCUT2D eigenvalue weighted by molar-refractivity contribution is 7.89. The number of hydrogen-bond acceptors (Lipinski definition) is 6. The highest BCUT2D eigenvalue weighted by Gasteiger charge is 2.36. The van der Waals surface area contributed by atoms with Crippen molar-refractivity contribution in [2.24, 2.45) is 0 Å². The quantitative estimate of drug-likeness (QED) is 0.497. The molecule has 2 aliphatic rings. The molecule has 0 spiro atoms. The summed E-state index contributed by atoms with van der Waals surface area (Å²) in [5.74, 6) is -0.274. The number of sulfonamides is 1. The molecule has 0 N–H and O–H groups in total. The normalized spacial score (nSPS) is 18.1. The highest BCUT2D eigenvalue weighted by Crippen LogP contribution is 2.25. The zero-order valence-electron chi connectivity index (χ0n) is 20.1. The predicted octanol–water partition coefficient (Wildman–Crippen LogP) is 2.40. The Morgan fingerprint density at radius 1 is 1.06 bits per heavy atom. The molecule has 2 saturated heterocycles. The van der Waals surface area contributed by atoms with Crippen molar-refractivity contribution in [3.05, 3.63) is 53.7 Å². The molecule has 190 valence electrons. The number of amides is 1. The van der Waals surface area contributed by atoms with Crippen LogP contribution in [0.5, 0.6) is 0 Å². The monoisotopic (exact) mass is 520 g/mol. The molecule has 1 amide bonds. The fraction of sp³-hybridized carbons (Fsp3) is 0.500. The molecule has 2 aliphatic heterocycles. The number of aryl methyl sites for hydroxylation is 1. The minimum absolute atomic E-state index is 0.135. The summed E-state index contributed by atoms with van der Waals surface area (Å²) < 4.78 is 30.3. The van der Waals surface area contributed by atoms with Crippen LogP contribution in [0.2, 0.25) is 5.02 Å². The van der Waals surface area contributed by atoms with Gasteiger partial charge < -0.3 is 9.80 Å². The second kappa shape index (κ2) is 11.1. The summed E-state index contributed by atoms with van der Waals surface area (Å²) in [6.45, 7) is 11.4. The molecular weight excluding hydrogens is 488 g/mol. The van der Waals surface area contributed by atoms with E-state index in [9.17, 15) is 13.2 Å². The second-order valence-electron chi connectivity index (χ2n) is 8.86. The zero-order chi connectivity index (χ0) is 25.0. The first-order valence-corrected chi connectivity index (χ1v) is 13.9. The first kappa shape index (κ1) is 25.7. The fourth-order valence-corrected chi connectivity index (χ4v) is 6.17. The molecule has 0 aliphatic carbocycles. The molecule has 9 nitrogen and oxygen atoms in total. The van der Waals surface area contributed by atoms with Crippen LogP contribution >= 0.6 is 11.6 Å². The number of piperazine rings is 2. The first-order valence-electron chi connectivity index (χ1n) is 12.0. The number of nitrogens with zero attached hydrogens (tertiary/aromatic N) is 6. The lowest BCUT2D eigenvalue weighted by atomic mass is 10.2. The number of rotatable bonds is 8. The van der Waals surface area contributed by atoms with Gasteiger partial charge in [0.25, 0.3) is 15.9 Å². The van der Waals surface area contributed by atoms with Gasteiger partial charge in [0.1, 0.15) is 0 Å². The van der Waals surface area contributed by atoms with Crippen molar-refractivity contribution in [3.8, 4) is 0 Å². The van der Waals surface area contributed by atoms with Crippen molar-refractivity contribution in [3.63, 3.8) is 0 Å². The molecule has 2 fully saturated rings. The highest BCUT2D eigenvalue weighted by atomic mass is 35.5. The average molecular weight is 521 g/mol. The molecule has 0 unspecified atom stereocenters. The van der Waals surface area contributed by atoms with E-state index in [1.807, 2.05) is 37.3 Å². The minimum atomic E-state index is -3.92. The van der Waals surface area contributed by atoms with E-state index in [0.29, 0.717) is 50.8 Å². The first-order chi connectivity index (χ1) is 16.8. The van der Waals surface area contributed by atoms with Crippen molar-refractivity contribution >= 4 is 33.2 Å². The summed E-state index contributed by atoms with van der Waals surface area (Å²) in [6, 6.07) is 7.53. The van der Waals surface area contributed by atoms with E-state index in [1.54, 1.807) is 15.8 Å². The van der Waals surface area contributed by atoms with E-state index in [-0.39, 0.29) is 16.5 Å². The van der Waals surface area contributed by atoms with Gasteiger partial charge in [0.2, 0.25) is 5.03 Å². The summed E-state index contributed by atoms with van der Waals surface area (Å²) in [5.41, 5.74) is 1.17. The number of hydrogen-bond donors (Lipinski definition) is 0. The van der Waals surface area contributed by atoms with Crippen LogP contribution in [0.15, 0.2) is 48.1 Å². The SMILES string of the molecule is C=CCN1CCN(C(=O)c2cn(CCC)nc2S(=O)(=O)N2CCN(c3ccc(Cl)cc3)CC2)CC1. The summed E-state index contributed by atoms with van der Waals surface area (Å²) >= 11 is 5.99. The van der Waals surface area contributed by atoms with Gasteiger partial charge in [-0.2, -0.15) is 9.40 Å². The van der Waals surface area contributed by atoms with Gasteiger partial charge in [-0.25, -0.2) is 8.42 Å². The standard InChI is InChI=1S/C24H33ClN6O3S/c1-3-9-27-11-13-29(14-12-27)24(32)22-19-30(10-4-2)26-23(22)35(33,34)31-17-15-28(16-18-31)21-7-5-20(25)6-8-21/h3,5-8,19H,1,4,9-18H2,2H3. The van der Waals surface area contributed by atoms with Crippen LogP contribution in [0, 0.1) is 0 Å². The zero-order valence-corrected chi connectivity index (χ0v) is 21.7. The molecule has 3 heterocycles. The number of anilines is 1. The Balaban J connectivity index is 1.51. The minimum Gasteiger partial charge on any atom is -0.369 e. The molecular formula is C24H33ClN6O3S. The van der Waals surface area contributed by atoms with Crippen molar-refractivity contribution < 1.29 is 13.2 Å². The van der Waals surface area contributed by atoms with Crippen LogP contribution in [0.3, 0.4) is 0 Å². The van der Waals surface area contributed by atoms with Gasteiger partial charge >= 0.3 is 0 Å². The molecule has 0 saturated carbocycles. The van der Waals surface area contributed by atoms with Gasteiger partial charge in [-0.15, -0.1) is 6.58 Å². The Kier molecular flexibility index (Phi) is 8.16. The van der Waals surface area contributed by atoms with Crippen molar-refractivity contribution in [2.45, 2.75) is 24.9 Å². The molecule has 2 aromatic rings. The number of benzene rings is 1. The molecule has 0 atom stereocenters. The molecule has 1 aromatic heterocycles. The van der Waals surface area contributed by atoms with E-state index >= 15 is 0 Å². The lowest BCUT2D eigenvalue weighted by molar-refractivity contribution is 0.0646. The van der Waals surface area contributed by atoms with E-state index in [4.69, 9.17) is 11.6 Å². The number of carbonyl (C=O) groups excluding carboxylic acids is 1. The van der Waals surface area contributed by atoms with Crippen LogP contribution in [-0.2, 0) is 16.6 Å². The third-order valence-corrected chi connectivity index (χ3v) is 8.56. The third kappa shape index (κ3) is 5.72. The number of halogens is 1. The van der Waals surface area contributed by atoms with E-state index in [1.165, 1.54) is 4.31 Å². The Morgan fingerprint density at radius 2 is 1.71 bits per heavy atom. The lowest BCUT2D eigenvalue weighted by Gasteiger charge is -2.35. The largest absolute Gasteiger partial charge is 0.369 e. The van der Waals surface area contributed by atoms with Crippen LogP contribution < -0.4 is 4.90 Å². The molecule has 35 heavy (non-hydrogen) atoms. The number of aromatic nitrogens is 2. The molecule has 11 heteroatoms. The Morgan fingerprint density at radius 3 is 2.31 bits per heavy atom. The van der Waals surface area contributed by atoms with Gasteiger partial charge in [-0.3, -0.25) is 14.4 Å². The third-order valence-electron chi connectivity index (χ3n) is 6.47. The summed E-state index contributed by atoms with van der Waals surface area (Å²) in [5, 5.41) is 4.91. The topological polar surface area (TPSA) is 82.0 Å². The van der Waals surface area contributed by atoms with Crippen LogP contribution in [0.25, 0.3) is 0 Å². The number of carbonyl (C=O) groups is 1. The van der Waals surface area contributed by atoms with Gasteiger partial charge in [0.15, 0.2) is 0 Å². The molecule has 1 aromatic carbocycles. The van der Waals surface area contributed by atoms with Gasteiger partial charge in [-0.05, 0) is 30.7 Å². The maximum atomic E-state index is 13.7. The Labute approximate surface area is 212 Å². The van der Waals surface area contributed by atoms with E-state index in [0.717, 1.165) is 31.7 Å². The lowest BCUT2D eigenvalue weighted by Crippen LogP contribution is -2.50. The average Bonchev–Trinajstić information content (AvgIpc) is 3.30. The van der Waals surface area contributed by atoms with Gasteiger partial charge in [0, 0.05) is 82.4 Å². The second-order valence-corrected chi connectivity index (χ2v) is 11.1. The van der Waals surface area contributed by atoms with Crippen molar-refractivity contribution in [1.82, 2.24) is 23.9 Å². The van der Waals surface area contributed by atoms with Crippen LogP contribution in [0.4, 0.5) is 5.69 Å². The van der Waals surface area contributed by atoms with E-state index in [2.05, 4.69) is 21.5 Å². The maximum Gasteiger partial charge on any atom is 0.263 e. The van der Waals surface area contributed by atoms with Crippen LogP contribution in [-0.4, -0.2) is 97.1 Å². The van der Waals surface area contributed by atoms with E-state index < -0.39 is 10.0 Å². The van der Waals surface area contributed by atoms with Gasteiger partial charge in [-0.1, -0.05) is 24.6 Å². The summed E-state index contributed by atoms with van der Waals surface area (Å²) in [6.07, 6.45) is 4.23. The molecule has 4 rings (SSSR count). The van der Waals surface area contributed by atoms with Crippen molar-refractivity contribution in [1.29, 1.82) is 0 Å². The smallest absolute Gasteiger partial charge is 0.263 e.